The highest BCUT2D eigenvalue weighted by Crippen LogP contribution is 2.27. The SMILES string of the molecule is C=C/C=C\C/C(=C(\CF)CCc1ccc2c(c1)CCN(C(CC)CCO)C2)C(C)N=C(/C=C\C)n1ncc(C(=O)C#N)c1CC. The first kappa shape index (κ1) is 35.5. The van der Waals surface area contributed by atoms with Crippen LogP contribution in [0.2, 0.25) is 0 Å². The topological polar surface area (TPSA) is 94.5 Å². The Balaban J connectivity index is 1.90. The number of fused-ring (bicyclic) bond motifs is 1. The minimum atomic E-state index is -0.632. The third-order valence-electron chi connectivity index (χ3n) is 8.62. The lowest BCUT2D eigenvalue weighted by atomic mass is 9.91. The number of allylic oxidation sites excluding steroid dienone is 6. The Morgan fingerprint density at radius 1 is 1.31 bits per heavy atom. The van der Waals surface area contributed by atoms with Crippen LogP contribution in [-0.4, -0.2) is 63.3 Å². The number of aliphatic imine (C=N–C) groups is 1. The molecule has 1 aliphatic heterocycles. The highest BCUT2D eigenvalue weighted by Gasteiger charge is 2.23. The fourth-order valence-corrected chi connectivity index (χ4v) is 6.15. The zero-order valence-corrected chi connectivity index (χ0v) is 27.3. The smallest absolute Gasteiger partial charge is 0.265 e. The molecular weight excluding hydrogens is 565 g/mol. The number of nitrogens with zero attached hydrogens (tertiary/aromatic N) is 5. The molecule has 45 heavy (non-hydrogen) atoms. The summed E-state index contributed by atoms with van der Waals surface area (Å²) in [4.78, 5) is 19.6. The van der Waals surface area contributed by atoms with Crippen molar-refractivity contribution in [1.29, 1.82) is 5.26 Å². The van der Waals surface area contributed by atoms with E-state index in [9.17, 15) is 19.6 Å². The fraction of sp³-hybridized carbons (Fsp3) is 0.459. The van der Waals surface area contributed by atoms with E-state index < -0.39 is 12.5 Å². The van der Waals surface area contributed by atoms with E-state index in [1.165, 1.54) is 22.9 Å². The van der Waals surface area contributed by atoms with E-state index in [0.29, 0.717) is 36.8 Å². The van der Waals surface area contributed by atoms with Crippen molar-refractivity contribution >= 4 is 11.6 Å². The molecule has 0 amide bonds. The second-order valence-electron chi connectivity index (χ2n) is 11.4. The monoisotopic (exact) mass is 613 g/mol. The standard InChI is InChI=1S/C37H48FN5O2/c1-6-10-11-13-33(27(5)41-37(12-7-2)43-35(9-4)34(25-40-43)36(45)24-39)30(23-38)16-14-28-15-17-31-26-42(20-18-29(31)22-28)32(8-3)19-21-44/h6-7,10-12,15,17,22,25,27,32,44H,1,8-9,13-14,16,18-21,23,26H2,2-5H3/b11-10-,12-7-,33-30+,41-37?. The summed E-state index contributed by atoms with van der Waals surface area (Å²) in [6.45, 7) is 13.2. The first-order valence-corrected chi connectivity index (χ1v) is 16.1. The summed E-state index contributed by atoms with van der Waals surface area (Å²) in [6.07, 6.45) is 15.7. The Kier molecular flexibility index (Phi) is 14.3. The van der Waals surface area contributed by atoms with Crippen LogP contribution in [0.4, 0.5) is 4.39 Å². The lowest BCUT2D eigenvalue weighted by Crippen LogP contribution is -2.39. The van der Waals surface area contributed by atoms with Crippen molar-refractivity contribution < 1.29 is 14.3 Å². The Bertz CT molecular complexity index is 1480. The maximum Gasteiger partial charge on any atom is 0.265 e. The number of halogens is 1. The number of carbonyl (C=O) groups is 1. The summed E-state index contributed by atoms with van der Waals surface area (Å²) in [5.74, 6) is -0.109. The van der Waals surface area contributed by atoms with Crippen molar-refractivity contribution in [2.45, 2.75) is 91.3 Å². The van der Waals surface area contributed by atoms with E-state index in [-0.39, 0.29) is 18.2 Å². The zero-order valence-electron chi connectivity index (χ0n) is 27.3. The van der Waals surface area contributed by atoms with Crippen LogP contribution in [0.15, 0.2) is 77.5 Å². The van der Waals surface area contributed by atoms with E-state index >= 15 is 0 Å². The van der Waals surface area contributed by atoms with Crippen LogP contribution < -0.4 is 0 Å². The molecule has 2 unspecified atom stereocenters. The highest BCUT2D eigenvalue weighted by atomic mass is 19.1. The van der Waals surface area contributed by atoms with Crippen molar-refractivity contribution in [3.05, 3.63) is 100 Å². The average molecular weight is 614 g/mol. The predicted octanol–water partition coefficient (Wildman–Crippen LogP) is 6.91. The summed E-state index contributed by atoms with van der Waals surface area (Å²) in [7, 11) is 0. The number of rotatable bonds is 16. The molecule has 2 aromatic rings. The molecule has 0 spiro atoms. The third-order valence-corrected chi connectivity index (χ3v) is 8.62. The molecule has 1 aliphatic rings. The number of aliphatic hydroxyl groups excluding tert-OH is 1. The van der Waals surface area contributed by atoms with Crippen molar-refractivity contribution in [3.63, 3.8) is 0 Å². The number of Topliss-reactive ketones (excluding diaryl/α,β-unsaturated/α-hetero) is 1. The number of alkyl halides is 1. The number of nitriles is 1. The van der Waals surface area contributed by atoms with Gasteiger partial charge in [-0.15, -0.1) is 0 Å². The molecule has 3 rings (SSSR count). The second-order valence-corrected chi connectivity index (χ2v) is 11.4. The minimum absolute atomic E-state index is 0.213. The largest absolute Gasteiger partial charge is 0.396 e. The van der Waals surface area contributed by atoms with E-state index in [2.05, 4.69) is 41.7 Å². The molecule has 0 bridgehead atoms. The van der Waals surface area contributed by atoms with Crippen molar-refractivity contribution in [2.24, 2.45) is 4.99 Å². The Hall–Kier alpha value is -3.93. The van der Waals surface area contributed by atoms with Gasteiger partial charge in [0.05, 0.1) is 23.5 Å². The van der Waals surface area contributed by atoms with E-state index in [1.807, 2.05) is 45.1 Å². The number of aromatic nitrogens is 2. The summed E-state index contributed by atoms with van der Waals surface area (Å²) in [6, 6.07) is 8.38. The number of hydrogen-bond acceptors (Lipinski definition) is 6. The van der Waals surface area contributed by atoms with E-state index in [4.69, 9.17) is 4.99 Å². The van der Waals surface area contributed by atoms with Gasteiger partial charge in [-0.25, -0.2) is 9.07 Å². The highest BCUT2D eigenvalue weighted by molar-refractivity contribution is 6.09. The molecule has 2 atom stereocenters. The number of carbonyl (C=O) groups excluding carboxylic acids is 1. The quantitative estimate of drug-likeness (QED) is 0.0554. The first-order valence-electron chi connectivity index (χ1n) is 16.1. The predicted molar refractivity (Wildman–Crippen MR) is 180 cm³/mol. The third kappa shape index (κ3) is 9.29. The van der Waals surface area contributed by atoms with Crippen molar-refractivity contribution in [1.82, 2.24) is 14.7 Å². The van der Waals surface area contributed by atoms with Crippen molar-refractivity contribution in [3.8, 4) is 6.07 Å². The van der Waals surface area contributed by atoms with E-state index in [1.54, 1.807) is 16.8 Å². The average Bonchev–Trinajstić information content (AvgIpc) is 3.50. The van der Waals surface area contributed by atoms with Gasteiger partial charge in [-0.1, -0.05) is 62.9 Å². The molecule has 0 radical (unpaired) electrons. The van der Waals surface area contributed by atoms with Gasteiger partial charge in [-0.2, -0.15) is 10.4 Å². The van der Waals surface area contributed by atoms with Crippen LogP contribution >= 0.6 is 0 Å². The lowest BCUT2D eigenvalue weighted by Gasteiger charge is -2.35. The van der Waals surface area contributed by atoms with Gasteiger partial charge in [0.1, 0.15) is 18.6 Å². The van der Waals surface area contributed by atoms with Crippen LogP contribution in [0.5, 0.6) is 0 Å². The number of ketones is 1. The molecule has 2 heterocycles. The summed E-state index contributed by atoms with van der Waals surface area (Å²) < 4.78 is 16.4. The number of hydrogen-bond donors (Lipinski definition) is 1. The number of benzene rings is 1. The molecule has 7 nitrogen and oxygen atoms in total. The van der Waals surface area contributed by atoms with Gasteiger partial charge in [0.25, 0.3) is 5.78 Å². The lowest BCUT2D eigenvalue weighted by molar-refractivity contribution is 0.105. The second kappa shape index (κ2) is 18.1. The molecule has 1 N–H and O–H groups in total. The van der Waals surface area contributed by atoms with Gasteiger partial charge in [-0.05, 0) is 92.7 Å². The summed E-state index contributed by atoms with van der Waals surface area (Å²) >= 11 is 0. The summed E-state index contributed by atoms with van der Waals surface area (Å²) in [5, 5.41) is 23.0. The fourth-order valence-electron chi connectivity index (χ4n) is 6.15. The number of aliphatic hydroxyl groups is 1. The van der Waals surface area contributed by atoms with Gasteiger partial charge in [-0.3, -0.25) is 14.7 Å². The van der Waals surface area contributed by atoms with E-state index in [0.717, 1.165) is 49.9 Å². The molecule has 0 fully saturated rings. The Morgan fingerprint density at radius 2 is 2.11 bits per heavy atom. The molecule has 0 saturated carbocycles. The molecule has 8 heteroatoms. The van der Waals surface area contributed by atoms with Crippen molar-refractivity contribution in [2.75, 3.05) is 19.8 Å². The Labute approximate surface area is 268 Å². The normalized spacial score (nSPS) is 16.0. The zero-order chi connectivity index (χ0) is 32.8. The maximum atomic E-state index is 14.8. The molecule has 0 aliphatic carbocycles. The van der Waals surface area contributed by atoms with Gasteiger partial charge in [0.15, 0.2) is 0 Å². The van der Waals surface area contributed by atoms with Gasteiger partial charge >= 0.3 is 0 Å². The van der Waals surface area contributed by atoms with Crippen LogP contribution in [0.3, 0.4) is 0 Å². The van der Waals surface area contributed by atoms with Crippen LogP contribution in [0.1, 0.15) is 86.1 Å². The minimum Gasteiger partial charge on any atom is -0.396 e. The van der Waals surface area contributed by atoms with Gasteiger partial charge in [0.2, 0.25) is 0 Å². The van der Waals surface area contributed by atoms with Gasteiger partial charge in [0, 0.05) is 25.7 Å². The van der Waals surface area contributed by atoms with Crippen LogP contribution in [0.25, 0.3) is 0 Å². The summed E-state index contributed by atoms with van der Waals surface area (Å²) in [5.41, 5.74) is 6.41. The van der Waals surface area contributed by atoms with Gasteiger partial charge < -0.3 is 5.11 Å². The number of aryl methyl sites for hydroxylation is 1. The first-order chi connectivity index (χ1) is 21.8. The molecular formula is C37H48FN5O2. The molecule has 0 saturated heterocycles. The maximum absolute atomic E-state index is 14.8. The Morgan fingerprint density at radius 3 is 2.76 bits per heavy atom. The molecule has 1 aromatic carbocycles. The van der Waals surface area contributed by atoms with Crippen LogP contribution in [-0.2, 0) is 25.8 Å². The molecule has 240 valence electrons. The van der Waals surface area contributed by atoms with Crippen LogP contribution in [0, 0.1) is 11.3 Å². The molecule has 1 aromatic heterocycles.